The van der Waals surface area contributed by atoms with Crippen LogP contribution >= 0.6 is 22.6 Å². The molecule has 0 saturated heterocycles. The predicted molar refractivity (Wildman–Crippen MR) is 105 cm³/mol. The fourth-order valence-electron chi connectivity index (χ4n) is 2.67. The number of benzene rings is 2. The highest BCUT2D eigenvalue weighted by Gasteiger charge is 2.18. The summed E-state index contributed by atoms with van der Waals surface area (Å²) in [5.41, 5.74) is 3.07. The summed E-state index contributed by atoms with van der Waals surface area (Å²) in [4.78, 5) is 18.8. The van der Waals surface area contributed by atoms with Gasteiger partial charge in [0.1, 0.15) is 5.82 Å². The first-order chi connectivity index (χ1) is 12.1. The van der Waals surface area contributed by atoms with Crippen LogP contribution in [0.5, 0.6) is 0 Å². The molecule has 25 heavy (non-hydrogen) atoms. The molecule has 0 aliphatic rings. The lowest BCUT2D eigenvalue weighted by Crippen LogP contribution is -2.28. The summed E-state index contributed by atoms with van der Waals surface area (Å²) in [6.07, 6.45) is 2.10. The van der Waals surface area contributed by atoms with Crippen LogP contribution in [0.4, 0.5) is 4.79 Å². The van der Waals surface area contributed by atoms with Gasteiger partial charge in [0, 0.05) is 3.57 Å². The maximum absolute atomic E-state index is 11.2. The molecule has 1 heterocycles. The fourth-order valence-corrected chi connectivity index (χ4v) is 3.03. The van der Waals surface area contributed by atoms with Crippen molar-refractivity contribution >= 4 is 28.7 Å². The minimum atomic E-state index is -1.05. The molecule has 0 unspecified atom stereocenters. The van der Waals surface area contributed by atoms with Gasteiger partial charge < -0.3 is 15.4 Å². The molecule has 3 N–H and O–H groups in total. The second kappa shape index (κ2) is 8.15. The van der Waals surface area contributed by atoms with Crippen molar-refractivity contribution in [2.45, 2.75) is 18.9 Å². The monoisotopic (exact) mass is 447 g/mol. The summed E-state index contributed by atoms with van der Waals surface area (Å²) in [5, 5.41) is 11.7. The molecule has 6 heteroatoms. The van der Waals surface area contributed by atoms with Gasteiger partial charge in [-0.25, -0.2) is 9.78 Å². The van der Waals surface area contributed by atoms with Crippen LogP contribution in [0.1, 0.15) is 23.9 Å². The molecule has 1 amide bonds. The summed E-state index contributed by atoms with van der Waals surface area (Å²) in [6.45, 7) is 0. The third kappa shape index (κ3) is 4.82. The molecular formula is C19H18IN3O2. The van der Waals surface area contributed by atoms with E-state index in [4.69, 9.17) is 5.11 Å². The highest BCUT2D eigenvalue weighted by molar-refractivity contribution is 14.1. The van der Waals surface area contributed by atoms with Crippen molar-refractivity contribution in [3.05, 3.63) is 75.8 Å². The van der Waals surface area contributed by atoms with E-state index in [2.05, 4.69) is 37.9 Å². The van der Waals surface area contributed by atoms with Gasteiger partial charge in [-0.15, -0.1) is 0 Å². The molecule has 0 saturated carbocycles. The number of aromatic amines is 1. The molecule has 0 bridgehead atoms. The average Bonchev–Trinajstić information content (AvgIpc) is 3.10. The summed E-state index contributed by atoms with van der Waals surface area (Å²) >= 11 is 2.26. The minimum absolute atomic E-state index is 0.379. The summed E-state index contributed by atoms with van der Waals surface area (Å²) in [6, 6.07) is 17.7. The maximum atomic E-state index is 11.2. The van der Waals surface area contributed by atoms with E-state index in [0.29, 0.717) is 12.2 Å². The number of aryl methyl sites for hydroxylation is 1. The van der Waals surface area contributed by atoms with Crippen LogP contribution in [0.15, 0.2) is 60.8 Å². The van der Waals surface area contributed by atoms with Gasteiger partial charge >= 0.3 is 6.09 Å². The molecule has 5 nitrogen and oxygen atoms in total. The number of carboxylic acid groups (broad SMARTS) is 1. The lowest BCUT2D eigenvalue weighted by Gasteiger charge is -2.14. The van der Waals surface area contributed by atoms with Gasteiger partial charge in [-0.05, 0) is 58.7 Å². The third-order valence-corrected chi connectivity index (χ3v) is 4.66. The van der Waals surface area contributed by atoms with Crippen molar-refractivity contribution in [1.82, 2.24) is 15.3 Å². The Kier molecular flexibility index (Phi) is 5.70. The summed E-state index contributed by atoms with van der Waals surface area (Å²) < 4.78 is 1.16. The summed E-state index contributed by atoms with van der Waals surface area (Å²) in [7, 11) is 0. The smallest absolute Gasteiger partial charge is 0.405 e. The SMILES string of the molecule is O=C(O)N[C@H](CCc1ccccc1)c1ncc(-c2ccc(I)cc2)[nH]1. The third-order valence-electron chi connectivity index (χ3n) is 3.94. The normalized spacial score (nSPS) is 11.9. The highest BCUT2D eigenvalue weighted by atomic mass is 127. The molecule has 128 valence electrons. The Hall–Kier alpha value is -2.35. The zero-order chi connectivity index (χ0) is 17.6. The molecular weight excluding hydrogens is 429 g/mol. The lowest BCUT2D eigenvalue weighted by atomic mass is 10.0. The molecule has 0 aliphatic carbocycles. The highest BCUT2D eigenvalue weighted by Crippen LogP contribution is 2.22. The number of aromatic nitrogens is 2. The number of H-pyrrole nitrogens is 1. The van der Waals surface area contributed by atoms with Gasteiger partial charge in [0.2, 0.25) is 0 Å². The molecule has 1 atom stereocenters. The van der Waals surface area contributed by atoms with Crippen LogP contribution in [0, 0.1) is 3.57 Å². The van der Waals surface area contributed by atoms with Gasteiger partial charge in [-0.3, -0.25) is 0 Å². The predicted octanol–water partition coefficient (Wildman–Crippen LogP) is 4.62. The second-order valence-corrected chi connectivity index (χ2v) is 6.96. The number of nitrogens with zero attached hydrogens (tertiary/aromatic N) is 1. The van der Waals surface area contributed by atoms with Crippen molar-refractivity contribution < 1.29 is 9.90 Å². The van der Waals surface area contributed by atoms with Crippen molar-refractivity contribution in [1.29, 1.82) is 0 Å². The Labute approximate surface area is 159 Å². The number of nitrogens with one attached hydrogen (secondary N) is 2. The molecule has 0 spiro atoms. The summed E-state index contributed by atoms with van der Waals surface area (Å²) in [5.74, 6) is 0.631. The first kappa shape index (κ1) is 17.5. The van der Waals surface area contributed by atoms with E-state index in [1.54, 1.807) is 6.20 Å². The fraction of sp³-hybridized carbons (Fsp3) is 0.158. The first-order valence-electron chi connectivity index (χ1n) is 7.96. The van der Waals surface area contributed by atoms with Crippen LogP contribution in [0.2, 0.25) is 0 Å². The van der Waals surface area contributed by atoms with Crippen molar-refractivity contribution in [3.8, 4) is 11.3 Å². The topological polar surface area (TPSA) is 78.0 Å². The molecule has 2 aromatic carbocycles. The van der Waals surface area contributed by atoms with Gasteiger partial charge in [-0.1, -0.05) is 42.5 Å². The second-order valence-electron chi connectivity index (χ2n) is 5.72. The number of imidazole rings is 1. The molecule has 1 aromatic heterocycles. The molecule has 0 aliphatic heterocycles. The number of amides is 1. The van der Waals surface area contributed by atoms with Crippen LogP contribution in [0.25, 0.3) is 11.3 Å². The molecule has 0 radical (unpaired) electrons. The minimum Gasteiger partial charge on any atom is -0.465 e. The van der Waals surface area contributed by atoms with E-state index in [9.17, 15) is 4.79 Å². The van der Waals surface area contributed by atoms with E-state index in [-0.39, 0.29) is 6.04 Å². The largest absolute Gasteiger partial charge is 0.465 e. The van der Waals surface area contributed by atoms with Gasteiger partial charge in [0.15, 0.2) is 0 Å². The van der Waals surface area contributed by atoms with Crippen molar-refractivity contribution in [2.75, 3.05) is 0 Å². The Bertz CT molecular complexity index is 831. The number of rotatable bonds is 6. The standard InChI is InChI=1S/C19H18IN3O2/c20-15-9-7-14(8-10-15)17-12-21-18(22-17)16(23-19(24)25)11-6-13-4-2-1-3-5-13/h1-5,7-10,12,16,23H,6,11H2,(H,21,22)(H,24,25)/t16-/m1/s1. The molecule has 3 rings (SSSR count). The number of hydrogen-bond donors (Lipinski definition) is 3. The lowest BCUT2D eigenvalue weighted by molar-refractivity contribution is 0.188. The van der Waals surface area contributed by atoms with Gasteiger partial charge in [-0.2, -0.15) is 0 Å². The van der Waals surface area contributed by atoms with E-state index in [1.807, 2.05) is 54.6 Å². The molecule has 0 fully saturated rings. The average molecular weight is 447 g/mol. The quantitative estimate of drug-likeness (QED) is 0.483. The Balaban J connectivity index is 1.76. The Morgan fingerprint density at radius 2 is 1.88 bits per heavy atom. The van der Waals surface area contributed by atoms with Crippen LogP contribution < -0.4 is 5.32 Å². The van der Waals surface area contributed by atoms with Gasteiger partial charge in [0.25, 0.3) is 0 Å². The Morgan fingerprint density at radius 1 is 1.16 bits per heavy atom. The van der Waals surface area contributed by atoms with Crippen molar-refractivity contribution in [3.63, 3.8) is 0 Å². The van der Waals surface area contributed by atoms with Crippen LogP contribution in [0.3, 0.4) is 0 Å². The van der Waals surface area contributed by atoms with Crippen LogP contribution in [-0.2, 0) is 6.42 Å². The Morgan fingerprint density at radius 3 is 2.56 bits per heavy atom. The zero-order valence-corrected chi connectivity index (χ0v) is 15.6. The van der Waals surface area contributed by atoms with Gasteiger partial charge in [0.05, 0.1) is 17.9 Å². The van der Waals surface area contributed by atoms with Crippen molar-refractivity contribution in [2.24, 2.45) is 0 Å². The van der Waals surface area contributed by atoms with E-state index in [1.165, 1.54) is 5.56 Å². The van der Waals surface area contributed by atoms with E-state index in [0.717, 1.165) is 21.2 Å². The maximum Gasteiger partial charge on any atom is 0.405 e. The van der Waals surface area contributed by atoms with E-state index >= 15 is 0 Å². The number of hydrogen-bond acceptors (Lipinski definition) is 2. The van der Waals surface area contributed by atoms with E-state index < -0.39 is 6.09 Å². The first-order valence-corrected chi connectivity index (χ1v) is 9.04. The number of halogens is 1. The number of carbonyl (C=O) groups is 1. The zero-order valence-electron chi connectivity index (χ0n) is 13.4. The van der Waals surface area contributed by atoms with Crippen LogP contribution in [-0.4, -0.2) is 21.2 Å². The molecule has 3 aromatic rings.